The molecule has 6 heteroatoms. The number of carbonyl (C=O) groups is 2. The number of aromatic carboxylic acids is 1. The van der Waals surface area contributed by atoms with Crippen LogP contribution in [-0.4, -0.2) is 29.3 Å². The van der Waals surface area contributed by atoms with Crippen LogP contribution >= 0.6 is 23.1 Å². The van der Waals surface area contributed by atoms with Crippen LogP contribution in [-0.2, 0) is 4.79 Å². The van der Waals surface area contributed by atoms with E-state index in [4.69, 9.17) is 5.11 Å². The van der Waals surface area contributed by atoms with Gasteiger partial charge in [-0.25, -0.2) is 4.79 Å². The van der Waals surface area contributed by atoms with Gasteiger partial charge in [-0.05, 0) is 12.5 Å². The Morgan fingerprint density at radius 2 is 2.31 bits per heavy atom. The van der Waals surface area contributed by atoms with Crippen LogP contribution in [0, 0.1) is 0 Å². The van der Waals surface area contributed by atoms with Crippen LogP contribution in [0.15, 0.2) is 16.3 Å². The summed E-state index contributed by atoms with van der Waals surface area (Å²) in [6.07, 6.45) is 0.915. The molecule has 2 N–H and O–H groups in total. The van der Waals surface area contributed by atoms with E-state index in [-0.39, 0.29) is 5.91 Å². The van der Waals surface area contributed by atoms with Gasteiger partial charge in [0.25, 0.3) is 0 Å². The van der Waals surface area contributed by atoms with Crippen LogP contribution in [0.4, 0.5) is 0 Å². The number of thioether (sulfide) groups is 1. The van der Waals surface area contributed by atoms with Crippen LogP contribution in [0.2, 0.25) is 0 Å². The normalized spacial score (nSPS) is 10.1. The largest absolute Gasteiger partial charge is 0.477 e. The second kappa shape index (κ2) is 6.55. The molecule has 1 heterocycles. The van der Waals surface area contributed by atoms with E-state index in [0.29, 0.717) is 17.2 Å². The molecule has 0 spiro atoms. The highest BCUT2D eigenvalue weighted by Gasteiger charge is 2.08. The Bertz CT molecular complexity index is 376. The zero-order chi connectivity index (χ0) is 12.0. The topological polar surface area (TPSA) is 66.4 Å². The Morgan fingerprint density at radius 1 is 1.56 bits per heavy atom. The molecule has 0 saturated heterocycles. The fourth-order valence-electron chi connectivity index (χ4n) is 0.971. The summed E-state index contributed by atoms with van der Waals surface area (Å²) in [6, 6.07) is 1.59. The molecular formula is C10H13NO3S2. The van der Waals surface area contributed by atoms with Crippen LogP contribution in [0.5, 0.6) is 0 Å². The first-order valence-corrected chi connectivity index (χ1v) is 6.71. The lowest BCUT2D eigenvalue weighted by Gasteiger charge is -2.01. The summed E-state index contributed by atoms with van der Waals surface area (Å²) >= 11 is 2.53. The molecule has 1 aromatic rings. The van der Waals surface area contributed by atoms with Gasteiger partial charge in [0.1, 0.15) is 4.88 Å². The minimum Gasteiger partial charge on any atom is -0.477 e. The number of amides is 1. The molecule has 0 aromatic carbocycles. The number of nitrogens with one attached hydrogen (secondary N) is 1. The van der Waals surface area contributed by atoms with Gasteiger partial charge in [-0.15, -0.1) is 23.1 Å². The van der Waals surface area contributed by atoms with E-state index in [1.54, 1.807) is 11.4 Å². The molecule has 88 valence electrons. The molecule has 1 amide bonds. The van der Waals surface area contributed by atoms with Gasteiger partial charge in [-0.2, -0.15) is 0 Å². The van der Waals surface area contributed by atoms with Gasteiger partial charge >= 0.3 is 5.97 Å². The van der Waals surface area contributed by atoms with Crippen molar-refractivity contribution < 1.29 is 14.7 Å². The third-order valence-electron chi connectivity index (χ3n) is 1.73. The highest BCUT2D eigenvalue weighted by Crippen LogP contribution is 2.24. The quantitative estimate of drug-likeness (QED) is 0.767. The summed E-state index contributed by atoms with van der Waals surface area (Å²) in [7, 11) is 0. The molecule has 0 aliphatic rings. The van der Waals surface area contributed by atoms with Crippen LogP contribution < -0.4 is 5.32 Å². The second-order valence-electron chi connectivity index (χ2n) is 3.09. The van der Waals surface area contributed by atoms with E-state index in [9.17, 15) is 9.59 Å². The monoisotopic (exact) mass is 259 g/mol. The summed E-state index contributed by atoms with van der Waals surface area (Å²) in [6.45, 7) is 2.68. The number of hydrogen-bond donors (Lipinski definition) is 2. The minimum atomic E-state index is -0.924. The summed E-state index contributed by atoms with van der Waals surface area (Å²) in [5.74, 6) is -0.613. The van der Waals surface area contributed by atoms with Gasteiger partial charge < -0.3 is 10.4 Å². The van der Waals surface area contributed by atoms with Crippen LogP contribution in [0.1, 0.15) is 23.0 Å². The Balaban J connectivity index is 2.36. The number of hydrogen-bond acceptors (Lipinski definition) is 4. The van der Waals surface area contributed by atoms with Gasteiger partial charge in [-0.3, -0.25) is 4.79 Å². The van der Waals surface area contributed by atoms with Crippen molar-refractivity contribution in [3.05, 3.63) is 16.3 Å². The van der Waals surface area contributed by atoms with Gasteiger partial charge in [-0.1, -0.05) is 6.92 Å². The maximum absolute atomic E-state index is 11.3. The van der Waals surface area contributed by atoms with Crippen LogP contribution in [0.3, 0.4) is 0 Å². The van der Waals surface area contributed by atoms with E-state index >= 15 is 0 Å². The van der Waals surface area contributed by atoms with Crippen molar-refractivity contribution >= 4 is 35.0 Å². The molecule has 0 radical (unpaired) electrons. The standard InChI is InChI=1S/C10H13NO3S2/c1-2-3-11-9(12)6-15-7-4-8(10(13)14)16-5-7/h4-5H,2-3,6H2,1H3,(H,11,12)(H,13,14). The molecule has 0 aliphatic heterocycles. The predicted octanol–water partition coefficient (Wildman–Crippen LogP) is 2.06. The molecule has 0 bridgehead atoms. The van der Waals surface area contributed by atoms with Gasteiger partial charge in [0.05, 0.1) is 5.75 Å². The van der Waals surface area contributed by atoms with E-state index in [1.165, 1.54) is 23.1 Å². The van der Waals surface area contributed by atoms with Gasteiger partial charge in [0, 0.05) is 16.8 Å². The molecule has 4 nitrogen and oxygen atoms in total. The number of carbonyl (C=O) groups excluding carboxylic acids is 1. The minimum absolute atomic E-state index is 0.0186. The molecule has 0 atom stereocenters. The average molecular weight is 259 g/mol. The lowest BCUT2D eigenvalue weighted by Crippen LogP contribution is -2.25. The summed E-state index contributed by atoms with van der Waals surface area (Å²) in [4.78, 5) is 23.0. The first-order valence-electron chi connectivity index (χ1n) is 4.84. The number of rotatable bonds is 6. The van der Waals surface area contributed by atoms with E-state index in [1.807, 2.05) is 6.92 Å². The molecule has 0 unspecified atom stereocenters. The lowest BCUT2D eigenvalue weighted by molar-refractivity contribution is -0.118. The van der Waals surface area contributed by atoms with E-state index in [0.717, 1.165) is 11.3 Å². The summed E-state index contributed by atoms with van der Waals surface area (Å²) < 4.78 is 0. The van der Waals surface area contributed by atoms with Crippen LogP contribution in [0.25, 0.3) is 0 Å². The number of carboxylic acid groups (broad SMARTS) is 1. The average Bonchev–Trinajstić information content (AvgIpc) is 2.72. The number of carboxylic acids is 1. The highest BCUT2D eigenvalue weighted by atomic mass is 32.2. The fraction of sp³-hybridized carbons (Fsp3) is 0.400. The van der Waals surface area contributed by atoms with Gasteiger partial charge in [0.2, 0.25) is 5.91 Å². The predicted molar refractivity (Wildman–Crippen MR) is 65.3 cm³/mol. The van der Waals surface area contributed by atoms with E-state index in [2.05, 4.69) is 5.32 Å². The molecule has 0 saturated carbocycles. The highest BCUT2D eigenvalue weighted by molar-refractivity contribution is 8.00. The van der Waals surface area contributed by atoms with Crippen molar-refractivity contribution in [2.45, 2.75) is 18.2 Å². The smallest absolute Gasteiger partial charge is 0.345 e. The fourth-order valence-corrected chi connectivity index (χ4v) is 2.67. The van der Waals surface area contributed by atoms with E-state index < -0.39 is 5.97 Å². The summed E-state index contributed by atoms with van der Waals surface area (Å²) in [5, 5.41) is 13.2. The maximum atomic E-state index is 11.3. The van der Waals surface area contributed by atoms with Crippen molar-refractivity contribution in [1.82, 2.24) is 5.32 Å². The Kier molecular flexibility index (Phi) is 5.34. The van der Waals surface area contributed by atoms with Crippen molar-refractivity contribution in [3.8, 4) is 0 Å². The molecule has 16 heavy (non-hydrogen) atoms. The summed E-state index contributed by atoms with van der Waals surface area (Å²) in [5.41, 5.74) is 0. The SMILES string of the molecule is CCCNC(=O)CSc1csc(C(=O)O)c1. The second-order valence-corrected chi connectivity index (χ2v) is 5.05. The molecule has 0 aliphatic carbocycles. The van der Waals surface area contributed by atoms with Crippen molar-refractivity contribution in [1.29, 1.82) is 0 Å². The Hall–Kier alpha value is -1.01. The first-order chi connectivity index (χ1) is 7.63. The molecular weight excluding hydrogens is 246 g/mol. The third kappa shape index (κ3) is 4.24. The zero-order valence-corrected chi connectivity index (χ0v) is 10.5. The molecule has 1 aromatic heterocycles. The lowest BCUT2D eigenvalue weighted by atomic mass is 10.5. The Morgan fingerprint density at radius 3 is 2.88 bits per heavy atom. The molecule has 1 rings (SSSR count). The molecule has 0 fully saturated rings. The third-order valence-corrected chi connectivity index (χ3v) is 3.77. The Labute approximate surface area is 102 Å². The van der Waals surface area contributed by atoms with Gasteiger partial charge in [0.15, 0.2) is 0 Å². The van der Waals surface area contributed by atoms with Crippen molar-refractivity contribution in [2.75, 3.05) is 12.3 Å². The zero-order valence-electron chi connectivity index (χ0n) is 8.86. The maximum Gasteiger partial charge on any atom is 0.345 e. The number of thiophene rings is 1. The van der Waals surface area contributed by atoms with Crippen molar-refractivity contribution in [2.24, 2.45) is 0 Å². The van der Waals surface area contributed by atoms with Crippen molar-refractivity contribution in [3.63, 3.8) is 0 Å². The first kappa shape index (κ1) is 13.1.